The molecule has 0 spiro atoms. The minimum atomic E-state index is -5.08. The van der Waals surface area contributed by atoms with Gasteiger partial charge in [0.05, 0.1) is 17.9 Å². The Morgan fingerprint density at radius 1 is 1.05 bits per heavy atom. The smallest absolute Gasteiger partial charge is 0.475 e. The van der Waals surface area contributed by atoms with Crippen LogP contribution in [0.25, 0.3) is 0 Å². The molecular formula is C24H29F6N5O6. The molecule has 2 fully saturated rings. The van der Waals surface area contributed by atoms with Crippen LogP contribution in [-0.2, 0) is 20.9 Å². The molecule has 11 nitrogen and oxygen atoms in total. The summed E-state index contributed by atoms with van der Waals surface area (Å²) >= 11 is 0. The SMILES string of the molecule is CN(C)C(=O)[C@]12CCCN(Cc3ccoc3)C[C@H]1CN(c1ncccn1)C2.O=C(O)C(F)(F)F.O=C(O)C(F)(F)F. The number of likely N-dealkylation sites (tertiary alicyclic amines) is 1. The molecule has 2 saturated heterocycles. The molecule has 4 heterocycles. The summed E-state index contributed by atoms with van der Waals surface area (Å²) in [6.07, 6.45) is -1.19. The number of aromatic nitrogens is 2. The quantitative estimate of drug-likeness (QED) is 0.505. The molecule has 17 heteroatoms. The lowest BCUT2D eigenvalue weighted by Gasteiger charge is -2.34. The van der Waals surface area contributed by atoms with Gasteiger partial charge in [-0.05, 0) is 31.5 Å². The summed E-state index contributed by atoms with van der Waals surface area (Å²) in [5.41, 5.74) is 0.816. The van der Waals surface area contributed by atoms with Gasteiger partial charge in [0.25, 0.3) is 0 Å². The van der Waals surface area contributed by atoms with E-state index in [9.17, 15) is 31.1 Å². The van der Waals surface area contributed by atoms with Crippen molar-refractivity contribution in [2.45, 2.75) is 31.7 Å². The zero-order valence-electron chi connectivity index (χ0n) is 22.0. The highest BCUT2D eigenvalue weighted by molar-refractivity contribution is 5.84. The number of halogens is 6. The summed E-state index contributed by atoms with van der Waals surface area (Å²) < 4.78 is 68.7. The summed E-state index contributed by atoms with van der Waals surface area (Å²) in [6, 6.07) is 3.84. The van der Waals surface area contributed by atoms with E-state index in [-0.39, 0.29) is 17.2 Å². The van der Waals surface area contributed by atoms with Crippen LogP contribution in [0.15, 0.2) is 41.5 Å². The number of fused-ring (bicyclic) bond motifs is 1. The Labute approximate surface area is 230 Å². The van der Waals surface area contributed by atoms with Crippen molar-refractivity contribution >= 4 is 23.8 Å². The van der Waals surface area contributed by atoms with Gasteiger partial charge in [-0.2, -0.15) is 26.3 Å². The summed E-state index contributed by atoms with van der Waals surface area (Å²) in [5.74, 6) is -4.31. The molecule has 0 bridgehead atoms. The van der Waals surface area contributed by atoms with E-state index in [0.29, 0.717) is 6.54 Å². The number of carboxylic acids is 2. The van der Waals surface area contributed by atoms with Crippen LogP contribution in [0.1, 0.15) is 18.4 Å². The zero-order valence-corrected chi connectivity index (χ0v) is 22.0. The number of amides is 1. The molecule has 2 aromatic heterocycles. The number of hydrogen-bond acceptors (Lipinski definition) is 8. The van der Waals surface area contributed by atoms with Gasteiger partial charge in [0, 0.05) is 64.1 Å². The first-order valence-corrected chi connectivity index (χ1v) is 12.0. The van der Waals surface area contributed by atoms with Crippen LogP contribution in [0, 0.1) is 11.3 Å². The summed E-state index contributed by atoms with van der Waals surface area (Å²) in [4.78, 5) is 46.3. The van der Waals surface area contributed by atoms with Crippen LogP contribution in [0.3, 0.4) is 0 Å². The molecular weight excluding hydrogens is 568 g/mol. The van der Waals surface area contributed by atoms with Crippen molar-refractivity contribution in [2.75, 3.05) is 45.2 Å². The monoisotopic (exact) mass is 597 g/mol. The van der Waals surface area contributed by atoms with Gasteiger partial charge in [0.2, 0.25) is 11.9 Å². The first-order valence-electron chi connectivity index (χ1n) is 12.0. The predicted octanol–water partition coefficient (Wildman–Crippen LogP) is 3.14. The number of nitrogens with zero attached hydrogens (tertiary/aromatic N) is 5. The Kier molecular flexibility index (Phi) is 11.1. The van der Waals surface area contributed by atoms with Crippen LogP contribution in [0.2, 0.25) is 0 Å². The highest BCUT2D eigenvalue weighted by Crippen LogP contribution is 2.44. The predicted molar refractivity (Wildman–Crippen MR) is 129 cm³/mol. The third-order valence-corrected chi connectivity index (χ3v) is 6.41. The number of carbonyl (C=O) groups is 3. The van der Waals surface area contributed by atoms with Crippen molar-refractivity contribution in [3.8, 4) is 0 Å². The fourth-order valence-corrected chi connectivity index (χ4v) is 4.70. The van der Waals surface area contributed by atoms with Crippen molar-refractivity contribution in [3.05, 3.63) is 42.6 Å². The van der Waals surface area contributed by atoms with Crippen molar-refractivity contribution < 1.29 is 55.4 Å². The van der Waals surface area contributed by atoms with Crippen LogP contribution in [0.4, 0.5) is 32.3 Å². The van der Waals surface area contributed by atoms with Gasteiger partial charge in [-0.25, -0.2) is 19.6 Å². The number of aliphatic carboxylic acids is 2. The molecule has 0 aliphatic carbocycles. The molecule has 2 aromatic rings. The van der Waals surface area contributed by atoms with E-state index in [1.807, 2.05) is 32.5 Å². The molecule has 2 N–H and O–H groups in total. The van der Waals surface area contributed by atoms with Crippen molar-refractivity contribution in [3.63, 3.8) is 0 Å². The molecule has 0 aromatic carbocycles. The maximum absolute atomic E-state index is 13.3. The number of anilines is 1. The van der Waals surface area contributed by atoms with E-state index >= 15 is 0 Å². The second-order valence-corrected chi connectivity index (χ2v) is 9.56. The Balaban J connectivity index is 0.000000349. The van der Waals surface area contributed by atoms with Crippen LogP contribution >= 0.6 is 0 Å². The highest BCUT2D eigenvalue weighted by Gasteiger charge is 2.54. The fourth-order valence-electron chi connectivity index (χ4n) is 4.70. The number of carbonyl (C=O) groups excluding carboxylic acids is 1. The molecule has 228 valence electrons. The van der Waals surface area contributed by atoms with E-state index in [2.05, 4.69) is 19.8 Å². The molecule has 2 aliphatic rings. The number of furan rings is 1. The Morgan fingerprint density at radius 2 is 1.61 bits per heavy atom. The van der Waals surface area contributed by atoms with E-state index in [4.69, 9.17) is 24.2 Å². The largest absolute Gasteiger partial charge is 0.490 e. The van der Waals surface area contributed by atoms with Gasteiger partial charge in [-0.3, -0.25) is 9.69 Å². The lowest BCUT2D eigenvalue weighted by Crippen LogP contribution is -2.47. The maximum Gasteiger partial charge on any atom is 0.490 e. The number of carboxylic acid groups (broad SMARTS) is 2. The van der Waals surface area contributed by atoms with Crippen molar-refractivity contribution in [1.82, 2.24) is 19.8 Å². The standard InChI is InChI=1S/C20H27N5O2.2C2HF3O2/c1-23(2)18(26)20-6-3-9-24(11-16-5-10-27-14-16)12-17(20)13-25(15-20)19-21-7-4-8-22-19;2*3-2(4,5)1(6)7/h4-5,7-8,10,14,17H,3,6,9,11-13,15H2,1-2H3;2*(H,6,7)/t17-,20-;;/m0../s1. The molecule has 0 saturated carbocycles. The van der Waals surface area contributed by atoms with E-state index in [1.165, 1.54) is 5.56 Å². The van der Waals surface area contributed by atoms with Crippen LogP contribution in [-0.4, -0.2) is 100 Å². The molecule has 2 aliphatic heterocycles. The highest BCUT2D eigenvalue weighted by atomic mass is 19.4. The van der Waals surface area contributed by atoms with E-state index in [0.717, 1.165) is 45.0 Å². The second kappa shape index (κ2) is 13.6. The van der Waals surface area contributed by atoms with E-state index in [1.54, 1.807) is 23.6 Å². The molecule has 1 amide bonds. The number of hydrogen-bond donors (Lipinski definition) is 2. The molecule has 0 radical (unpaired) electrons. The van der Waals surface area contributed by atoms with E-state index < -0.39 is 24.3 Å². The minimum absolute atomic E-state index is 0.232. The van der Waals surface area contributed by atoms with Crippen LogP contribution in [0.5, 0.6) is 0 Å². The average molecular weight is 598 g/mol. The second-order valence-electron chi connectivity index (χ2n) is 9.56. The summed E-state index contributed by atoms with van der Waals surface area (Å²) in [6.45, 7) is 4.27. The lowest BCUT2D eigenvalue weighted by molar-refractivity contribution is -0.193. The van der Waals surface area contributed by atoms with Crippen molar-refractivity contribution in [1.29, 1.82) is 0 Å². The lowest BCUT2D eigenvalue weighted by atomic mass is 9.74. The summed E-state index contributed by atoms with van der Waals surface area (Å²) in [7, 11) is 3.73. The van der Waals surface area contributed by atoms with Gasteiger partial charge < -0.3 is 24.4 Å². The Hall–Kier alpha value is -3.89. The van der Waals surface area contributed by atoms with Crippen LogP contribution < -0.4 is 4.90 Å². The third kappa shape index (κ3) is 9.33. The Bertz CT molecular complexity index is 1120. The molecule has 4 rings (SSSR count). The topological polar surface area (TPSA) is 140 Å². The van der Waals surface area contributed by atoms with Crippen molar-refractivity contribution in [2.24, 2.45) is 11.3 Å². The first-order chi connectivity index (χ1) is 19.0. The summed E-state index contributed by atoms with van der Waals surface area (Å²) in [5, 5.41) is 14.2. The molecule has 2 atom stereocenters. The normalized spacial score (nSPS) is 20.9. The van der Waals surface area contributed by atoms with Gasteiger partial charge >= 0.3 is 24.3 Å². The molecule has 0 unspecified atom stereocenters. The first kappa shape index (κ1) is 33.3. The third-order valence-electron chi connectivity index (χ3n) is 6.41. The Morgan fingerprint density at radius 3 is 2.07 bits per heavy atom. The van der Waals surface area contributed by atoms with Gasteiger partial charge in [0.1, 0.15) is 0 Å². The average Bonchev–Trinajstić information content (AvgIpc) is 3.48. The van der Waals surface area contributed by atoms with Gasteiger partial charge in [-0.15, -0.1) is 0 Å². The fraction of sp³-hybridized carbons (Fsp3) is 0.542. The minimum Gasteiger partial charge on any atom is -0.475 e. The maximum atomic E-state index is 13.3. The zero-order chi connectivity index (χ0) is 31.0. The van der Waals surface area contributed by atoms with Gasteiger partial charge in [-0.1, -0.05) is 0 Å². The number of alkyl halides is 6. The molecule has 41 heavy (non-hydrogen) atoms. The van der Waals surface area contributed by atoms with Gasteiger partial charge in [0.15, 0.2) is 0 Å². The number of rotatable bonds is 4.